The Bertz CT molecular complexity index is 514. The summed E-state index contributed by atoms with van der Waals surface area (Å²) in [5.41, 5.74) is 8.71. The molecule has 17 heavy (non-hydrogen) atoms. The molecule has 0 saturated heterocycles. The molecular weight excluding hydrogens is 234 g/mol. The Kier molecular flexibility index (Phi) is 3.50. The highest BCUT2D eigenvalue weighted by Crippen LogP contribution is 2.25. The van der Waals surface area contributed by atoms with Gasteiger partial charge in [0.15, 0.2) is 0 Å². The number of imidazole rings is 1. The van der Waals surface area contributed by atoms with Crippen molar-refractivity contribution < 1.29 is 0 Å². The molecule has 0 fully saturated rings. The van der Waals surface area contributed by atoms with E-state index in [1.165, 1.54) is 5.56 Å². The molecule has 4 heteroatoms. The highest BCUT2D eigenvalue weighted by molar-refractivity contribution is 6.30. The Labute approximate surface area is 106 Å². The van der Waals surface area contributed by atoms with Crippen molar-refractivity contribution in [3.63, 3.8) is 0 Å². The molecule has 0 aliphatic carbocycles. The quantitative estimate of drug-likeness (QED) is 0.909. The maximum absolute atomic E-state index is 6.22. The number of hydrogen-bond acceptors (Lipinski definition) is 2. The summed E-state index contributed by atoms with van der Waals surface area (Å²) in [4.78, 5) is 4.55. The first kappa shape index (κ1) is 12.1. The Balaban J connectivity index is 2.45. The summed E-state index contributed by atoms with van der Waals surface area (Å²) in [5, 5.41) is 0.672. The summed E-state index contributed by atoms with van der Waals surface area (Å²) in [6, 6.07) is 8.25. The summed E-state index contributed by atoms with van der Waals surface area (Å²) in [5.74, 6) is 0.887. The van der Waals surface area contributed by atoms with Gasteiger partial charge < -0.3 is 10.3 Å². The van der Waals surface area contributed by atoms with Crippen LogP contribution in [-0.2, 0) is 13.5 Å². The first-order valence-corrected chi connectivity index (χ1v) is 5.99. The van der Waals surface area contributed by atoms with Crippen LogP contribution in [0.15, 0.2) is 24.3 Å². The van der Waals surface area contributed by atoms with Crippen LogP contribution < -0.4 is 5.73 Å². The zero-order valence-electron chi connectivity index (χ0n) is 10.1. The van der Waals surface area contributed by atoms with Gasteiger partial charge in [0.05, 0.1) is 5.69 Å². The van der Waals surface area contributed by atoms with E-state index < -0.39 is 0 Å². The Morgan fingerprint density at radius 3 is 2.53 bits per heavy atom. The van der Waals surface area contributed by atoms with Gasteiger partial charge in [-0.25, -0.2) is 4.98 Å². The lowest BCUT2D eigenvalue weighted by atomic mass is 10.1. The number of aryl methyl sites for hydroxylation is 1. The minimum Gasteiger partial charge on any atom is -0.330 e. The van der Waals surface area contributed by atoms with Gasteiger partial charge in [-0.3, -0.25) is 0 Å². The highest BCUT2D eigenvalue weighted by Gasteiger charge is 2.13. The van der Waals surface area contributed by atoms with Crippen LogP contribution >= 0.6 is 11.6 Å². The van der Waals surface area contributed by atoms with E-state index in [1.807, 2.05) is 11.6 Å². The normalized spacial score (nSPS) is 10.8. The number of rotatable bonds is 3. The van der Waals surface area contributed by atoms with E-state index in [0.29, 0.717) is 18.1 Å². The molecule has 1 aromatic heterocycles. The fourth-order valence-electron chi connectivity index (χ4n) is 1.79. The fourth-order valence-corrected chi connectivity index (χ4v) is 2.01. The molecule has 0 amide bonds. The van der Waals surface area contributed by atoms with Crippen molar-refractivity contribution in [2.75, 3.05) is 6.54 Å². The van der Waals surface area contributed by atoms with Crippen LogP contribution in [0.5, 0.6) is 0 Å². The largest absolute Gasteiger partial charge is 0.330 e. The van der Waals surface area contributed by atoms with Gasteiger partial charge in [0, 0.05) is 19.0 Å². The maximum atomic E-state index is 6.22. The molecule has 3 nitrogen and oxygen atoms in total. The lowest BCUT2D eigenvalue weighted by Crippen LogP contribution is -2.03. The molecule has 2 aromatic rings. The third kappa shape index (κ3) is 2.35. The first-order chi connectivity index (χ1) is 8.13. The van der Waals surface area contributed by atoms with Gasteiger partial charge >= 0.3 is 0 Å². The first-order valence-electron chi connectivity index (χ1n) is 5.61. The monoisotopic (exact) mass is 249 g/mol. The number of nitrogens with two attached hydrogens (primary N) is 1. The van der Waals surface area contributed by atoms with E-state index in [1.54, 1.807) is 0 Å². The van der Waals surface area contributed by atoms with Gasteiger partial charge in [0.25, 0.3) is 0 Å². The molecule has 0 atom stereocenters. The van der Waals surface area contributed by atoms with E-state index >= 15 is 0 Å². The second-order valence-electron chi connectivity index (χ2n) is 4.14. The van der Waals surface area contributed by atoms with Gasteiger partial charge in [0.2, 0.25) is 0 Å². The van der Waals surface area contributed by atoms with Crippen LogP contribution in [0.1, 0.15) is 11.3 Å². The summed E-state index contributed by atoms with van der Waals surface area (Å²) < 4.78 is 1.90. The molecule has 0 spiro atoms. The Morgan fingerprint density at radius 1 is 1.29 bits per heavy atom. The van der Waals surface area contributed by atoms with Crippen LogP contribution in [0, 0.1) is 6.92 Å². The highest BCUT2D eigenvalue weighted by atomic mass is 35.5. The van der Waals surface area contributed by atoms with E-state index in [0.717, 1.165) is 17.1 Å². The molecule has 0 aliphatic heterocycles. The topological polar surface area (TPSA) is 43.8 Å². The molecule has 2 rings (SSSR count). The smallest absolute Gasteiger partial charge is 0.141 e. The number of halogens is 1. The standard InChI is InChI=1S/C13H16ClN3/c1-9-3-5-10(6-4-9)13-16-11(7-8-15)12(14)17(13)2/h3-6H,7-8,15H2,1-2H3. The van der Waals surface area contributed by atoms with Crippen LogP contribution in [0.4, 0.5) is 0 Å². The molecule has 2 N–H and O–H groups in total. The Hall–Kier alpha value is -1.32. The predicted octanol–water partition coefficient (Wildman–Crippen LogP) is 2.55. The van der Waals surface area contributed by atoms with Crippen LogP contribution in [-0.4, -0.2) is 16.1 Å². The fraction of sp³-hybridized carbons (Fsp3) is 0.308. The van der Waals surface area contributed by atoms with Crippen LogP contribution in [0.3, 0.4) is 0 Å². The van der Waals surface area contributed by atoms with Gasteiger partial charge in [-0.15, -0.1) is 0 Å². The van der Waals surface area contributed by atoms with Crippen molar-refractivity contribution in [3.8, 4) is 11.4 Å². The summed E-state index contributed by atoms with van der Waals surface area (Å²) in [6.07, 6.45) is 0.707. The minimum atomic E-state index is 0.560. The zero-order chi connectivity index (χ0) is 12.4. The number of hydrogen-bond donors (Lipinski definition) is 1. The van der Waals surface area contributed by atoms with Crippen LogP contribution in [0.25, 0.3) is 11.4 Å². The molecule has 0 saturated carbocycles. The van der Waals surface area contributed by atoms with Crippen LogP contribution in [0.2, 0.25) is 5.15 Å². The summed E-state index contributed by atoms with van der Waals surface area (Å²) >= 11 is 6.22. The lowest BCUT2D eigenvalue weighted by Gasteiger charge is -2.02. The number of nitrogens with zero attached hydrogens (tertiary/aromatic N) is 2. The molecule has 90 valence electrons. The summed E-state index contributed by atoms with van der Waals surface area (Å²) in [7, 11) is 1.92. The Morgan fingerprint density at radius 2 is 1.94 bits per heavy atom. The lowest BCUT2D eigenvalue weighted by molar-refractivity contribution is 0.913. The second kappa shape index (κ2) is 4.90. The van der Waals surface area contributed by atoms with Gasteiger partial charge in [-0.2, -0.15) is 0 Å². The molecular formula is C13H16ClN3. The summed E-state index contributed by atoms with van der Waals surface area (Å²) in [6.45, 7) is 2.62. The average molecular weight is 250 g/mol. The van der Waals surface area contributed by atoms with Crippen molar-refractivity contribution in [1.29, 1.82) is 0 Å². The second-order valence-corrected chi connectivity index (χ2v) is 4.49. The molecule has 0 unspecified atom stereocenters. The third-order valence-corrected chi connectivity index (χ3v) is 3.25. The van der Waals surface area contributed by atoms with Gasteiger partial charge in [-0.05, 0) is 13.5 Å². The van der Waals surface area contributed by atoms with E-state index in [-0.39, 0.29) is 0 Å². The molecule has 0 aliphatic rings. The van der Waals surface area contributed by atoms with Crippen molar-refractivity contribution in [2.45, 2.75) is 13.3 Å². The number of benzene rings is 1. The predicted molar refractivity (Wildman–Crippen MR) is 71.1 cm³/mol. The molecule has 1 heterocycles. The van der Waals surface area contributed by atoms with E-state index in [2.05, 4.69) is 36.2 Å². The van der Waals surface area contributed by atoms with Crippen molar-refractivity contribution >= 4 is 11.6 Å². The molecule has 0 radical (unpaired) electrons. The van der Waals surface area contributed by atoms with Crippen molar-refractivity contribution in [3.05, 3.63) is 40.7 Å². The van der Waals surface area contributed by atoms with E-state index in [9.17, 15) is 0 Å². The third-order valence-electron chi connectivity index (χ3n) is 2.78. The van der Waals surface area contributed by atoms with Crippen molar-refractivity contribution in [1.82, 2.24) is 9.55 Å². The van der Waals surface area contributed by atoms with Crippen molar-refractivity contribution in [2.24, 2.45) is 12.8 Å². The molecule has 1 aromatic carbocycles. The maximum Gasteiger partial charge on any atom is 0.141 e. The van der Waals surface area contributed by atoms with E-state index in [4.69, 9.17) is 17.3 Å². The SMILES string of the molecule is Cc1ccc(-c2nc(CCN)c(Cl)n2C)cc1. The average Bonchev–Trinajstić information content (AvgIpc) is 2.59. The number of aromatic nitrogens is 2. The van der Waals surface area contributed by atoms with Gasteiger partial charge in [0.1, 0.15) is 11.0 Å². The zero-order valence-corrected chi connectivity index (χ0v) is 10.8. The minimum absolute atomic E-state index is 0.560. The molecule has 0 bridgehead atoms. The van der Waals surface area contributed by atoms with Gasteiger partial charge in [-0.1, -0.05) is 41.4 Å².